The molecule has 11 heteroatoms. The molecule has 42 heavy (non-hydrogen) atoms. The van der Waals surface area contributed by atoms with Gasteiger partial charge in [-0.3, -0.25) is 9.69 Å². The van der Waals surface area contributed by atoms with Crippen molar-refractivity contribution in [3.05, 3.63) is 77.5 Å². The number of carbonyl (C=O) groups excluding carboxylic acids is 1. The first-order valence-corrected chi connectivity index (χ1v) is 14.5. The lowest BCUT2D eigenvalue weighted by molar-refractivity contribution is -0.142. The Morgan fingerprint density at radius 3 is 2.64 bits per heavy atom. The maximum Gasteiger partial charge on any atom is 0.326 e. The molecule has 0 aliphatic carbocycles. The average Bonchev–Trinajstić information content (AvgIpc) is 3.01. The van der Waals surface area contributed by atoms with Crippen molar-refractivity contribution in [1.82, 2.24) is 25.2 Å². The number of ether oxygens (including phenoxy) is 1. The number of amides is 1. The van der Waals surface area contributed by atoms with E-state index >= 15 is 0 Å². The van der Waals surface area contributed by atoms with E-state index in [4.69, 9.17) is 9.72 Å². The van der Waals surface area contributed by atoms with E-state index in [1.54, 1.807) is 6.92 Å². The number of nitrogens with zero attached hydrogens (tertiary/aromatic N) is 4. The van der Waals surface area contributed by atoms with Gasteiger partial charge in [-0.15, -0.1) is 0 Å². The Balaban J connectivity index is 1.30. The number of carboxylic acid groups (broad SMARTS) is 1. The molecule has 0 bridgehead atoms. The van der Waals surface area contributed by atoms with Crippen molar-refractivity contribution in [1.29, 1.82) is 0 Å². The highest BCUT2D eigenvalue weighted by atomic mass is 19.1. The van der Waals surface area contributed by atoms with E-state index in [0.717, 1.165) is 68.1 Å². The number of aliphatic carboxylic acids is 1. The van der Waals surface area contributed by atoms with Crippen LogP contribution < -0.4 is 15.4 Å². The number of unbranched alkanes of at least 4 members (excludes halogenated alkanes) is 1. The summed E-state index contributed by atoms with van der Waals surface area (Å²) in [4.78, 5) is 39.4. The molecule has 2 atom stereocenters. The number of nitrogens with one attached hydrogen (secondary N) is 2. The number of anilines is 1. The number of aromatic nitrogens is 3. The first-order chi connectivity index (χ1) is 20.4. The molecule has 0 radical (unpaired) electrons. The van der Waals surface area contributed by atoms with Crippen LogP contribution in [-0.4, -0.2) is 75.7 Å². The zero-order chi connectivity index (χ0) is 29.7. The van der Waals surface area contributed by atoms with Crippen LogP contribution >= 0.6 is 0 Å². The molecule has 1 aliphatic rings. The lowest BCUT2D eigenvalue weighted by Crippen LogP contribution is -2.45. The zero-order valence-electron chi connectivity index (χ0n) is 24.0. The van der Waals surface area contributed by atoms with Crippen molar-refractivity contribution in [3.8, 4) is 6.01 Å². The normalized spacial score (nSPS) is 14.0. The van der Waals surface area contributed by atoms with Gasteiger partial charge in [0.2, 0.25) is 5.91 Å². The summed E-state index contributed by atoms with van der Waals surface area (Å²) in [6.45, 7) is 4.59. The van der Waals surface area contributed by atoms with Crippen LogP contribution in [0.25, 0.3) is 0 Å². The number of aryl methyl sites for hydroxylation is 2. The maximum absolute atomic E-state index is 13.1. The standard InChI is InChI=1S/C31H39FN6O4/c1-22(23-8-3-2-4-9-23)29(39)37-27(30(40)41)14-17-38(18-19-42-31-34-20-25(32)21-35-31)16-6-5-11-26-13-12-24-10-7-15-33-28(24)36-26/h2-4,8-9,12-13,20-22,27H,5-7,10-11,14-19H2,1H3,(H,33,36)(H,37,39)(H,40,41)/t22-,27-/m0/s1. The summed E-state index contributed by atoms with van der Waals surface area (Å²) in [6, 6.07) is 12.6. The fourth-order valence-electron chi connectivity index (χ4n) is 4.88. The number of carbonyl (C=O) groups is 2. The molecule has 0 spiro atoms. The highest BCUT2D eigenvalue weighted by Crippen LogP contribution is 2.20. The molecule has 0 saturated carbocycles. The summed E-state index contributed by atoms with van der Waals surface area (Å²) < 4.78 is 18.7. The Kier molecular flexibility index (Phi) is 11.6. The smallest absolute Gasteiger partial charge is 0.326 e. The number of carboxylic acids is 1. The molecular formula is C31H39FN6O4. The van der Waals surface area contributed by atoms with Crippen LogP contribution in [0.1, 0.15) is 55.3 Å². The van der Waals surface area contributed by atoms with E-state index in [2.05, 4.69) is 37.6 Å². The number of hydrogen-bond acceptors (Lipinski definition) is 8. The minimum absolute atomic E-state index is 0.0778. The van der Waals surface area contributed by atoms with Gasteiger partial charge in [0.15, 0.2) is 5.82 Å². The number of halogens is 1. The summed E-state index contributed by atoms with van der Waals surface area (Å²) in [7, 11) is 0. The monoisotopic (exact) mass is 578 g/mol. The van der Waals surface area contributed by atoms with E-state index in [9.17, 15) is 19.1 Å². The van der Waals surface area contributed by atoms with Crippen molar-refractivity contribution < 1.29 is 23.8 Å². The highest BCUT2D eigenvalue weighted by Gasteiger charge is 2.24. The van der Waals surface area contributed by atoms with Gasteiger partial charge in [0, 0.05) is 25.3 Å². The third-order valence-electron chi connectivity index (χ3n) is 7.39. The van der Waals surface area contributed by atoms with Crippen molar-refractivity contribution in [2.24, 2.45) is 0 Å². The fraction of sp³-hybridized carbons (Fsp3) is 0.452. The van der Waals surface area contributed by atoms with Gasteiger partial charge in [-0.1, -0.05) is 36.4 Å². The minimum atomic E-state index is -1.08. The predicted octanol–water partition coefficient (Wildman–Crippen LogP) is 3.84. The summed E-state index contributed by atoms with van der Waals surface area (Å²) in [5.41, 5.74) is 3.14. The molecule has 1 aliphatic heterocycles. The third kappa shape index (κ3) is 9.47. The average molecular weight is 579 g/mol. The number of hydrogen-bond donors (Lipinski definition) is 3. The second-order valence-electron chi connectivity index (χ2n) is 10.5. The lowest BCUT2D eigenvalue weighted by atomic mass is 10.00. The van der Waals surface area contributed by atoms with Crippen molar-refractivity contribution in [3.63, 3.8) is 0 Å². The maximum atomic E-state index is 13.1. The molecule has 224 valence electrons. The molecule has 0 saturated heterocycles. The molecule has 0 fully saturated rings. The Hall–Kier alpha value is -4.12. The zero-order valence-corrected chi connectivity index (χ0v) is 24.0. The number of fused-ring (bicyclic) bond motifs is 1. The second kappa shape index (κ2) is 15.8. The second-order valence-corrected chi connectivity index (χ2v) is 10.5. The van der Waals surface area contributed by atoms with Crippen LogP contribution in [-0.2, 0) is 22.4 Å². The van der Waals surface area contributed by atoms with Crippen LogP contribution in [0.15, 0.2) is 54.9 Å². The van der Waals surface area contributed by atoms with Crippen molar-refractivity contribution >= 4 is 17.7 Å². The largest absolute Gasteiger partial charge is 0.480 e. The van der Waals surface area contributed by atoms with E-state index in [-0.39, 0.29) is 24.9 Å². The Morgan fingerprint density at radius 1 is 1.10 bits per heavy atom. The minimum Gasteiger partial charge on any atom is -0.480 e. The van der Waals surface area contributed by atoms with Crippen LogP contribution in [0.3, 0.4) is 0 Å². The van der Waals surface area contributed by atoms with Crippen LogP contribution in [0.4, 0.5) is 10.2 Å². The fourth-order valence-corrected chi connectivity index (χ4v) is 4.88. The van der Waals surface area contributed by atoms with Gasteiger partial charge in [0.1, 0.15) is 18.5 Å². The summed E-state index contributed by atoms with van der Waals surface area (Å²) in [5.74, 6) is -1.43. The summed E-state index contributed by atoms with van der Waals surface area (Å²) in [5, 5.41) is 15.9. The summed E-state index contributed by atoms with van der Waals surface area (Å²) >= 11 is 0. The SMILES string of the molecule is C[C@H](C(=O)N[C@@H](CCN(CCCCc1ccc2c(n1)NCCC2)CCOc1ncc(F)cn1)C(=O)O)c1ccccc1. The first-order valence-electron chi connectivity index (χ1n) is 14.5. The molecule has 3 aromatic rings. The van der Waals surface area contributed by atoms with E-state index in [1.807, 2.05) is 30.3 Å². The molecule has 4 rings (SSSR count). The molecule has 0 unspecified atom stereocenters. The van der Waals surface area contributed by atoms with Crippen LogP contribution in [0.5, 0.6) is 6.01 Å². The van der Waals surface area contributed by atoms with Crippen molar-refractivity contribution in [2.75, 3.05) is 38.1 Å². The molecular weight excluding hydrogens is 539 g/mol. The van der Waals surface area contributed by atoms with Gasteiger partial charge in [-0.25, -0.2) is 24.1 Å². The van der Waals surface area contributed by atoms with E-state index in [0.29, 0.717) is 19.6 Å². The first kappa shape index (κ1) is 30.8. The van der Waals surface area contributed by atoms with Gasteiger partial charge in [0.05, 0.1) is 18.3 Å². The molecule has 2 aromatic heterocycles. The molecule has 1 aromatic carbocycles. The topological polar surface area (TPSA) is 130 Å². The highest BCUT2D eigenvalue weighted by molar-refractivity contribution is 5.87. The molecule has 1 amide bonds. The lowest BCUT2D eigenvalue weighted by Gasteiger charge is -2.25. The van der Waals surface area contributed by atoms with Crippen LogP contribution in [0, 0.1) is 5.82 Å². The van der Waals surface area contributed by atoms with E-state index < -0.39 is 23.7 Å². The Labute approximate surface area is 245 Å². The van der Waals surface area contributed by atoms with Crippen molar-refractivity contribution in [2.45, 2.75) is 57.4 Å². The van der Waals surface area contributed by atoms with Gasteiger partial charge < -0.3 is 20.5 Å². The van der Waals surface area contributed by atoms with Crippen LogP contribution in [0.2, 0.25) is 0 Å². The van der Waals surface area contributed by atoms with E-state index in [1.165, 1.54) is 5.56 Å². The number of benzene rings is 1. The van der Waals surface area contributed by atoms with Gasteiger partial charge in [-0.05, 0) is 69.2 Å². The third-order valence-corrected chi connectivity index (χ3v) is 7.39. The molecule has 10 nitrogen and oxygen atoms in total. The molecule has 3 heterocycles. The quantitative estimate of drug-likeness (QED) is 0.217. The van der Waals surface area contributed by atoms with Gasteiger partial charge in [0.25, 0.3) is 0 Å². The van der Waals surface area contributed by atoms with Gasteiger partial charge in [-0.2, -0.15) is 0 Å². The summed E-state index contributed by atoms with van der Waals surface area (Å²) in [6.07, 6.45) is 7.12. The van der Waals surface area contributed by atoms with Gasteiger partial charge >= 0.3 is 12.0 Å². The number of pyridine rings is 1. The predicted molar refractivity (Wildman–Crippen MR) is 157 cm³/mol. The Bertz CT molecular complexity index is 1290. The number of rotatable bonds is 16. The Morgan fingerprint density at radius 2 is 1.88 bits per heavy atom. The molecule has 3 N–H and O–H groups in total.